The van der Waals surface area contributed by atoms with Crippen LogP contribution in [0.1, 0.15) is 32.3 Å². The topological polar surface area (TPSA) is 21.3 Å². The van der Waals surface area contributed by atoms with Gasteiger partial charge in [-0.2, -0.15) is 0 Å². The van der Waals surface area contributed by atoms with Crippen molar-refractivity contribution in [3.63, 3.8) is 0 Å². The van der Waals surface area contributed by atoms with Crippen LogP contribution >= 0.6 is 0 Å². The van der Waals surface area contributed by atoms with E-state index in [2.05, 4.69) is 19.2 Å². The molecule has 0 heterocycles. The third kappa shape index (κ3) is 4.73. The summed E-state index contributed by atoms with van der Waals surface area (Å²) in [6.07, 6.45) is 2.15. The lowest BCUT2D eigenvalue weighted by atomic mass is 10.2. The average molecular weight is 239 g/mol. The molecule has 1 N–H and O–H groups in total. The Morgan fingerprint density at radius 2 is 2.12 bits per heavy atom. The molecule has 0 saturated carbocycles. The molecule has 1 atom stereocenters. The molecule has 1 aromatic rings. The third-order valence-electron chi connectivity index (χ3n) is 2.75. The second-order valence-corrected chi connectivity index (χ2v) is 4.28. The van der Waals surface area contributed by atoms with E-state index in [0.717, 1.165) is 30.7 Å². The lowest BCUT2D eigenvalue weighted by molar-refractivity contribution is 0.259. The van der Waals surface area contributed by atoms with Gasteiger partial charge in [-0.15, -0.1) is 0 Å². The van der Waals surface area contributed by atoms with E-state index in [1.807, 2.05) is 6.92 Å². The summed E-state index contributed by atoms with van der Waals surface area (Å²) in [5.74, 6) is 0.550. The van der Waals surface area contributed by atoms with Crippen LogP contribution in [0.2, 0.25) is 0 Å². The molecule has 0 aromatic heterocycles. The van der Waals surface area contributed by atoms with Gasteiger partial charge in [-0.25, -0.2) is 4.39 Å². The molecule has 0 aliphatic heterocycles. The average Bonchev–Trinajstić information content (AvgIpc) is 2.31. The first-order valence-corrected chi connectivity index (χ1v) is 6.29. The van der Waals surface area contributed by atoms with Crippen molar-refractivity contribution in [2.45, 2.75) is 39.7 Å². The smallest absolute Gasteiger partial charge is 0.123 e. The van der Waals surface area contributed by atoms with Crippen LogP contribution in [0.3, 0.4) is 0 Å². The fraction of sp³-hybridized carbons (Fsp3) is 0.571. The molecule has 0 aliphatic carbocycles. The lowest BCUT2D eigenvalue weighted by Gasteiger charge is -2.18. The van der Waals surface area contributed by atoms with Gasteiger partial charge in [-0.05, 0) is 50.1 Å². The fourth-order valence-corrected chi connectivity index (χ4v) is 1.63. The van der Waals surface area contributed by atoms with Crippen LogP contribution in [0, 0.1) is 12.7 Å². The van der Waals surface area contributed by atoms with Gasteiger partial charge in [0.05, 0.1) is 0 Å². The van der Waals surface area contributed by atoms with E-state index < -0.39 is 0 Å². The summed E-state index contributed by atoms with van der Waals surface area (Å²) in [6.45, 7) is 7.77. The zero-order chi connectivity index (χ0) is 12.7. The molecule has 0 bridgehead atoms. The molecule has 0 aliphatic rings. The number of benzene rings is 1. The maximum atomic E-state index is 12.9. The largest absolute Gasteiger partial charge is 0.492 e. The Morgan fingerprint density at radius 1 is 1.35 bits per heavy atom. The summed E-state index contributed by atoms with van der Waals surface area (Å²) in [6, 6.07) is 4.98. The van der Waals surface area contributed by atoms with Gasteiger partial charge in [-0.1, -0.05) is 13.8 Å². The molecule has 0 spiro atoms. The van der Waals surface area contributed by atoms with Gasteiger partial charge >= 0.3 is 0 Å². The monoisotopic (exact) mass is 239 g/mol. The number of hydrogen-bond donors (Lipinski definition) is 1. The minimum Gasteiger partial charge on any atom is -0.492 e. The predicted octanol–water partition coefficient (Wildman–Crippen LogP) is 3.29. The van der Waals surface area contributed by atoms with Gasteiger partial charge in [0, 0.05) is 6.04 Å². The fourth-order valence-electron chi connectivity index (χ4n) is 1.63. The van der Waals surface area contributed by atoms with E-state index >= 15 is 0 Å². The SMILES string of the molecule is CCCNC(CC)COc1ccc(F)cc1C. The number of aryl methyl sites for hydroxylation is 1. The van der Waals surface area contributed by atoms with Crippen molar-refractivity contribution in [3.8, 4) is 5.75 Å². The Labute approximate surface area is 103 Å². The van der Waals surface area contributed by atoms with Gasteiger partial charge < -0.3 is 10.1 Å². The van der Waals surface area contributed by atoms with Crippen molar-refractivity contribution >= 4 is 0 Å². The zero-order valence-electron chi connectivity index (χ0n) is 10.9. The maximum Gasteiger partial charge on any atom is 0.123 e. The molecule has 1 unspecified atom stereocenters. The number of ether oxygens (including phenoxy) is 1. The minimum absolute atomic E-state index is 0.217. The molecule has 2 nitrogen and oxygen atoms in total. The van der Waals surface area contributed by atoms with Crippen LogP contribution < -0.4 is 10.1 Å². The van der Waals surface area contributed by atoms with E-state index in [-0.39, 0.29) is 5.82 Å². The summed E-state index contributed by atoms with van der Waals surface area (Å²) < 4.78 is 18.6. The minimum atomic E-state index is -0.217. The summed E-state index contributed by atoms with van der Waals surface area (Å²) in [5.41, 5.74) is 0.843. The first-order valence-electron chi connectivity index (χ1n) is 6.29. The standard InChI is InChI=1S/C14H22FNO/c1-4-8-16-13(5-2)10-17-14-7-6-12(15)9-11(14)3/h6-7,9,13,16H,4-5,8,10H2,1-3H3. The molecule has 96 valence electrons. The molecular formula is C14H22FNO. The van der Waals surface area contributed by atoms with Crippen molar-refractivity contribution in [2.75, 3.05) is 13.2 Å². The molecule has 3 heteroatoms. The molecule has 0 saturated heterocycles. The molecule has 0 radical (unpaired) electrons. The van der Waals surface area contributed by atoms with E-state index in [9.17, 15) is 4.39 Å². The molecule has 0 fully saturated rings. The molecule has 1 rings (SSSR count). The van der Waals surface area contributed by atoms with Gasteiger partial charge in [-0.3, -0.25) is 0 Å². The summed E-state index contributed by atoms with van der Waals surface area (Å²) in [5, 5.41) is 3.42. The highest BCUT2D eigenvalue weighted by atomic mass is 19.1. The lowest BCUT2D eigenvalue weighted by Crippen LogP contribution is -2.34. The highest BCUT2D eigenvalue weighted by Gasteiger charge is 2.07. The summed E-state index contributed by atoms with van der Waals surface area (Å²) in [4.78, 5) is 0. The van der Waals surface area contributed by atoms with Gasteiger partial charge in [0.25, 0.3) is 0 Å². The Bertz CT molecular complexity index is 341. The van der Waals surface area contributed by atoms with Crippen LogP contribution in [0.5, 0.6) is 5.75 Å². The Balaban J connectivity index is 2.47. The van der Waals surface area contributed by atoms with E-state index in [1.54, 1.807) is 6.07 Å². The number of rotatable bonds is 7. The first-order chi connectivity index (χ1) is 8.17. The molecule has 0 amide bonds. The molecular weight excluding hydrogens is 217 g/mol. The zero-order valence-corrected chi connectivity index (χ0v) is 10.9. The molecule has 17 heavy (non-hydrogen) atoms. The van der Waals surface area contributed by atoms with Crippen molar-refractivity contribution < 1.29 is 9.13 Å². The first kappa shape index (κ1) is 14.0. The number of hydrogen-bond acceptors (Lipinski definition) is 2. The van der Waals surface area contributed by atoms with Crippen molar-refractivity contribution in [2.24, 2.45) is 0 Å². The normalized spacial score (nSPS) is 12.5. The van der Waals surface area contributed by atoms with Gasteiger partial charge in [0.1, 0.15) is 18.2 Å². The number of nitrogens with one attached hydrogen (secondary N) is 1. The highest BCUT2D eigenvalue weighted by Crippen LogP contribution is 2.18. The van der Waals surface area contributed by atoms with Crippen molar-refractivity contribution in [3.05, 3.63) is 29.6 Å². The summed E-state index contributed by atoms with van der Waals surface area (Å²) in [7, 11) is 0. The maximum absolute atomic E-state index is 12.9. The third-order valence-corrected chi connectivity index (χ3v) is 2.75. The van der Waals surface area contributed by atoms with Crippen molar-refractivity contribution in [1.29, 1.82) is 0 Å². The Morgan fingerprint density at radius 3 is 2.71 bits per heavy atom. The summed E-state index contributed by atoms with van der Waals surface area (Å²) >= 11 is 0. The molecule has 1 aromatic carbocycles. The number of halogens is 1. The Kier molecular flexibility index (Phi) is 5.98. The van der Waals surface area contributed by atoms with Crippen LogP contribution in [-0.2, 0) is 0 Å². The van der Waals surface area contributed by atoms with Gasteiger partial charge in [0.15, 0.2) is 0 Å². The highest BCUT2D eigenvalue weighted by molar-refractivity contribution is 5.32. The van der Waals surface area contributed by atoms with Crippen LogP contribution in [0.15, 0.2) is 18.2 Å². The van der Waals surface area contributed by atoms with E-state index in [4.69, 9.17) is 4.74 Å². The van der Waals surface area contributed by atoms with E-state index in [1.165, 1.54) is 12.1 Å². The second-order valence-electron chi connectivity index (χ2n) is 4.28. The predicted molar refractivity (Wildman–Crippen MR) is 69.0 cm³/mol. The van der Waals surface area contributed by atoms with Crippen LogP contribution in [0.4, 0.5) is 4.39 Å². The Hall–Kier alpha value is -1.09. The van der Waals surface area contributed by atoms with Crippen LogP contribution in [-0.4, -0.2) is 19.2 Å². The van der Waals surface area contributed by atoms with E-state index in [0.29, 0.717) is 12.6 Å². The van der Waals surface area contributed by atoms with Gasteiger partial charge in [0.2, 0.25) is 0 Å². The van der Waals surface area contributed by atoms with Crippen molar-refractivity contribution in [1.82, 2.24) is 5.32 Å². The van der Waals surface area contributed by atoms with Crippen LogP contribution in [0.25, 0.3) is 0 Å². The quantitative estimate of drug-likeness (QED) is 0.788. The second kappa shape index (κ2) is 7.28.